The second-order valence-electron chi connectivity index (χ2n) is 5.05. The number of nitrogens with one attached hydrogen (secondary N) is 1. The van der Waals surface area contributed by atoms with Crippen LogP contribution in [0.2, 0.25) is 0 Å². The second-order valence-corrected chi connectivity index (χ2v) is 5.05. The third kappa shape index (κ3) is 3.13. The van der Waals surface area contributed by atoms with E-state index in [1.165, 1.54) is 0 Å². The summed E-state index contributed by atoms with van der Waals surface area (Å²) in [5, 5.41) is 11.1. The van der Waals surface area contributed by atoms with Crippen LogP contribution in [-0.2, 0) is 4.79 Å². The van der Waals surface area contributed by atoms with E-state index in [4.69, 9.17) is 5.11 Å². The summed E-state index contributed by atoms with van der Waals surface area (Å²) in [5.74, 6) is -1.45. The number of carboxylic acids is 1. The Labute approximate surface area is 123 Å². The first-order valence-electron chi connectivity index (χ1n) is 6.66. The van der Waals surface area contributed by atoms with E-state index in [2.05, 4.69) is 5.32 Å². The van der Waals surface area contributed by atoms with Gasteiger partial charge in [0.15, 0.2) is 0 Å². The molecule has 0 saturated carbocycles. The Morgan fingerprint density at radius 1 is 1.10 bits per heavy atom. The van der Waals surface area contributed by atoms with Crippen molar-refractivity contribution in [1.82, 2.24) is 9.88 Å². The highest BCUT2D eigenvalue weighted by Crippen LogP contribution is 2.21. The topological polar surface area (TPSA) is 71.3 Å². The molecule has 1 amide bonds. The van der Waals surface area contributed by atoms with E-state index in [1.807, 2.05) is 49.6 Å². The fraction of sp³-hybridized carbons (Fsp3) is 0.250. The van der Waals surface area contributed by atoms with Crippen LogP contribution in [0.15, 0.2) is 30.3 Å². The minimum atomic E-state index is -1.06. The SMILES string of the molecule is Cc1ccc(-n2c(C)ccc2C)c(C(=O)NCC(=O)O)c1. The van der Waals surface area contributed by atoms with E-state index >= 15 is 0 Å². The molecule has 21 heavy (non-hydrogen) atoms. The van der Waals surface area contributed by atoms with Gasteiger partial charge in [0.2, 0.25) is 0 Å². The zero-order valence-corrected chi connectivity index (χ0v) is 12.3. The zero-order valence-electron chi connectivity index (χ0n) is 12.3. The van der Waals surface area contributed by atoms with Crippen molar-refractivity contribution in [3.05, 3.63) is 52.8 Å². The maximum Gasteiger partial charge on any atom is 0.322 e. The number of carbonyl (C=O) groups is 2. The second kappa shape index (κ2) is 5.83. The smallest absolute Gasteiger partial charge is 0.322 e. The summed E-state index contributed by atoms with van der Waals surface area (Å²) in [5.41, 5.74) is 4.20. The third-order valence-electron chi connectivity index (χ3n) is 3.31. The van der Waals surface area contributed by atoms with Gasteiger partial charge in [0, 0.05) is 11.4 Å². The molecule has 0 saturated heterocycles. The van der Waals surface area contributed by atoms with Gasteiger partial charge < -0.3 is 15.0 Å². The zero-order chi connectivity index (χ0) is 15.6. The molecule has 0 fully saturated rings. The fourth-order valence-corrected chi connectivity index (χ4v) is 2.33. The van der Waals surface area contributed by atoms with Crippen molar-refractivity contribution >= 4 is 11.9 Å². The van der Waals surface area contributed by atoms with Crippen LogP contribution in [-0.4, -0.2) is 28.1 Å². The van der Waals surface area contributed by atoms with E-state index in [0.29, 0.717) is 5.56 Å². The number of amides is 1. The number of aliphatic carboxylic acids is 1. The van der Waals surface area contributed by atoms with Crippen LogP contribution in [0.4, 0.5) is 0 Å². The predicted octanol–water partition coefficient (Wildman–Crippen LogP) is 2.22. The molecule has 2 rings (SSSR count). The number of benzene rings is 1. The van der Waals surface area contributed by atoms with Crippen molar-refractivity contribution in [2.45, 2.75) is 20.8 Å². The van der Waals surface area contributed by atoms with Crippen LogP contribution >= 0.6 is 0 Å². The van der Waals surface area contributed by atoms with Crippen LogP contribution in [0.25, 0.3) is 5.69 Å². The van der Waals surface area contributed by atoms with Crippen LogP contribution in [0.1, 0.15) is 27.3 Å². The Morgan fingerprint density at radius 3 is 2.29 bits per heavy atom. The lowest BCUT2D eigenvalue weighted by Crippen LogP contribution is -2.30. The van der Waals surface area contributed by atoms with Gasteiger partial charge in [0.05, 0.1) is 11.3 Å². The van der Waals surface area contributed by atoms with E-state index < -0.39 is 12.5 Å². The summed E-state index contributed by atoms with van der Waals surface area (Å²) in [6.07, 6.45) is 0. The van der Waals surface area contributed by atoms with Crippen molar-refractivity contribution < 1.29 is 14.7 Å². The van der Waals surface area contributed by atoms with Crippen molar-refractivity contribution in [2.75, 3.05) is 6.54 Å². The maximum atomic E-state index is 12.3. The van der Waals surface area contributed by atoms with Gasteiger partial charge in [-0.05, 0) is 45.0 Å². The molecule has 0 aliphatic carbocycles. The van der Waals surface area contributed by atoms with Crippen molar-refractivity contribution in [2.24, 2.45) is 0 Å². The monoisotopic (exact) mass is 286 g/mol. The summed E-state index contributed by atoms with van der Waals surface area (Å²) in [6, 6.07) is 9.54. The van der Waals surface area contributed by atoms with E-state index in [-0.39, 0.29) is 5.91 Å². The average molecular weight is 286 g/mol. The normalized spacial score (nSPS) is 10.4. The molecule has 1 heterocycles. The highest BCUT2D eigenvalue weighted by molar-refractivity contribution is 5.99. The Bertz CT molecular complexity index is 682. The van der Waals surface area contributed by atoms with Crippen LogP contribution in [0.5, 0.6) is 0 Å². The number of hydrogen-bond donors (Lipinski definition) is 2. The van der Waals surface area contributed by atoms with Gasteiger partial charge in [0.1, 0.15) is 6.54 Å². The van der Waals surface area contributed by atoms with E-state index in [0.717, 1.165) is 22.6 Å². The molecule has 2 N–H and O–H groups in total. The molecule has 2 aromatic rings. The summed E-state index contributed by atoms with van der Waals surface area (Å²) >= 11 is 0. The summed E-state index contributed by atoms with van der Waals surface area (Å²) in [4.78, 5) is 22.9. The molecule has 0 bridgehead atoms. The Balaban J connectivity index is 2.48. The Hall–Kier alpha value is -2.56. The third-order valence-corrected chi connectivity index (χ3v) is 3.31. The molecule has 0 spiro atoms. The van der Waals surface area contributed by atoms with Gasteiger partial charge in [0.25, 0.3) is 5.91 Å². The molecule has 5 nitrogen and oxygen atoms in total. The number of rotatable bonds is 4. The first-order chi connectivity index (χ1) is 9.90. The lowest BCUT2D eigenvalue weighted by molar-refractivity contribution is -0.135. The molecule has 0 unspecified atom stereocenters. The number of aryl methyl sites for hydroxylation is 3. The summed E-state index contributed by atoms with van der Waals surface area (Å²) in [6.45, 7) is 5.43. The van der Waals surface area contributed by atoms with Gasteiger partial charge in [-0.2, -0.15) is 0 Å². The standard InChI is InChI=1S/C16H18N2O3/c1-10-4-7-14(18-11(2)5-6-12(18)3)13(8-10)16(21)17-9-15(19)20/h4-8H,9H2,1-3H3,(H,17,21)(H,19,20). The minimum Gasteiger partial charge on any atom is -0.480 e. The van der Waals surface area contributed by atoms with Crippen LogP contribution in [0.3, 0.4) is 0 Å². The first-order valence-corrected chi connectivity index (χ1v) is 6.66. The lowest BCUT2D eigenvalue weighted by atomic mass is 10.1. The molecule has 0 aliphatic heterocycles. The quantitative estimate of drug-likeness (QED) is 0.905. The Morgan fingerprint density at radius 2 is 1.71 bits per heavy atom. The van der Waals surface area contributed by atoms with E-state index in [1.54, 1.807) is 6.07 Å². The number of carboxylic acid groups (broad SMARTS) is 1. The number of hydrogen-bond acceptors (Lipinski definition) is 2. The van der Waals surface area contributed by atoms with Gasteiger partial charge in [-0.15, -0.1) is 0 Å². The largest absolute Gasteiger partial charge is 0.480 e. The van der Waals surface area contributed by atoms with Gasteiger partial charge in [-0.3, -0.25) is 9.59 Å². The Kier molecular flexibility index (Phi) is 4.12. The van der Waals surface area contributed by atoms with Gasteiger partial charge >= 0.3 is 5.97 Å². The fourth-order valence-electron chi connectivity index (χ4n) is 2.33. The van der Waals surface area contributed by atoms with Gasteiger partial charge in [-0.25, -0.2) is 0 Å². The first kappa shape index (κ1) is 14.8. The molecule has 0 radical (unpaired) electrons. The number of nitrogens with zero attached hydrogens (tertiary/aromatic N) is 1. The minimum absolute atomic E-state index is 0.386. The summed E-state index contributed by atoms with van der Waals surface area (Å²) < 4.78 is 1.98. The van der Waals surface area contributed by atoms with Crippen LogP contribution < -0.4 is 5.32 Å². The van der Waals surface area contributed by atoms with Gasteiger partial charge in [-0.1, -0.05) is 11.6 Å². The molecule has 0 atom stereocenters. The highest BCUT2D eigenvalue weighted by atomic mass is 16.4. The highest BCUT2D eigenvalue weighted by Gasteiger charge is 2.16. The average Bonchev–Trinajstić information content (AvgIpc) is 2.76. The van der Waals surface area contributed by atoms with E-state index in [9.17, 15) is 9.59 Å². The molecular formula is C16H18N2O3. The van der Waals surface area contributed by atoms with Crippen molar-refractivity contribution in [1.29, 1.82) is 0 Å². The summed E-state index contributed by atoms with van der Waals surface area (Å²) in [7, 11) is 0. The lowest BCUT2D eigenvalue weighted by Gasteiger charge is -2.15. The number of carbonyl (C=O) groups excluding carboxylic acids is 1. The molecule has 110 valence electrons. The molecule has 1 aromatic heterocycles. The molecule has 0 aliphatic rings. The molecular weight excluding hydrogens is 268 g/mol. The van der Waals surface area contributed by atoms with Crippen molar-refractivity contribution in [3.63, 3.8) is 0 Å². The van der Waals surface area contributed by atoms with Crippen molar-refractivity contribution in [3.8, 4) is 5.69 Å². The molecule has 5 heteroatoms. The predicted molar refractivity (Wildman–Crippen MR) is 79.9 cm³/mol. The van der Waals surface area contributed by atoms with Crippen LogP contribution in [0, 0.1) is 20.8 Å². The number of aromatic nitrogens is 1. The maximum absolute atomic E-state index is 12.3. The molecule has 1 aromatic carbocycles.